The Morgan fingerprint density at radius 3 is 2.39 bits per heavy atom. The molecule has 0 radical (unpaired) electrons. The minimum absolute atomic E-state index is 0.0844. The molecule has 0 N–H and O–H groups in total. The van der Waals surface area contributed by atoms with E-state index < -0.39 is 52.3 Å². The van der Waals surface area contributed by atoms with E-state index in [9.17, 15) is 28.9 Å². The number of halogens is 1. The number of nitro benzene ring substituents is 1. The summed E-state index contributed by atoms with van der Waals surface area (Å²) < 4.78 is 13.5. The van der Waals surface area contributed by atoms with Crippen LogP contribution in [0.5, 0.6) is 0 Å². The summed E-state index contributed by atoms with van der Waals surface area (Å²) in [6, 6.07) is 16.1. The van der Waals surface area contributed by atoms with Crippen LogP contribution < -0.4 is 9.80 Å². The molecule has 9 heteroatoms. The van der Waals surface area contributed by atoms with Gasteiger partial charge in [-0.1, -0.05) is 42.5 Å². The van der Waals surface area contributed by atoms with Crippen molar-refractivity contribution in [3.63, 3.8) is 0 Å². The molecule has 36 heavy (non-hydrogen) atoms. The number of rotatable bonds is 4. The maximum atomic E-state index is 13.9. The predicted molar refractivity (Wildman–Crippen MR) is 129 cm³/mol. The van der Waals surface area contributed by atoms with Crippen LogP contribution in [-0.2, 0) is 9.59 Å². The highest BCUT2D eigenvalue weighted by atomic mass is 19.1. The van der Waals surface area contributed by atoms with E-state index in [-0.39, 0.29) is 16.9 Å². The van der Waals surface area contributed by atoms with Crippen LogP contribution in [0.25, 0.3) is 6.08 Å². The molecule has 3 aliphatic heterocycles. The summed E-state index contributed by atoms with van der Waals surface area (Å²) in [6.07, 6.45) is 3.69. The van der Waals surface area contributed by atoms with Crippen LogP contribution in [-0.4, -0.2) is 34.6 Å². The third-order valence-electron chi connectivity index (χ3n) is 7.11. The summed E-state index contributed by atoms with van der Waals surface area (Å²) in [7, 11) is 0. The fourth-order valence-corrected chi connectivity index (χ4v) is 5.60. The smallest absolute Gasteiger partial charge is 0.270 e. The summed E-state index contributed by atoms with van der Waals surface area (Å²) in [4.78, 5) is 54.9. The van der Waals surface area contributed by atoms with Gasteiger partial charge in [-0.15, -0.1) is 0 Å². The number of hydrogen-bond donors (Lipinski definition) is 0. The first-order valence-corrected chi connectivity index (χ1v) is 11.3. The highest BCUT2D eigenvalue weighted by molar-refractivity contribution is 6.25. The molecule has 2 saturated heterocycles. The molecule has 178 valence electrons. The third-order valence-corrected chi connectivity index (χ3v) is 7.11. The standard InChI is InChI=1S/C27H18FN3O5/c28-17-9-11-18(12-10-17)29-26(33)22-21-13-8-15-4-1-2-7-20(15)30(21)24(23(22)27(29)34)25(32)16-5-3-6-19(14-16)31(35)36/h1-14,21-24H/t21-,22-,23+,24+/m1/s1. The number of carbonyl (C=O) groups excluding carboxylic acids is 3. The van der Waals surface area contributed by atoms with Crippen molar-refractivity contribution in [2.75, 3.05) is 9.80 Å². The third kappa shape index (κ3) is 3.09. The number of para-hydroxylation sites is 1. The number of amides is 2. The lowest BCUT2D eigenvalue weighted by Gasteiger charge is -2.36. The van der Waals surface area contributed by atoms with Crippen LogP contribution in [0.2, 0.25) is 0 Å². The first-order valence-electron chi connectivity index (χ1n) is 11.3. The number of imide groups is 1. The Morgan fingerprint density at radius 1 is 0.917 bits per heavy atom. The van der Waals surface area contributed by atoms with Gasteiger partial charge in [0.15, 0.2) is 5.78 Å². The molecule has 0 aliphatic carbocycles. The summed E-state index contributed by atoms with van der Waals surface area (Å²) in [5.74, 6) is -3.88. The maximum absolute atomic E-state index is 13.9. The van der Waals surface area contributed by atoms with E-state index in [4.69, 9.17) is 0 Å². The second-order valence-electron chi connectivity index (χ2n) is 8.97. The summed E-state index contributed by atoms with van der Waals surface area (Å²) in [6.45, 7) is 0. The average molecular weight is 483 g/mol. The molecule has 3 aromatic carbocycles. The Morgan fingerprint density at radius 2 is 1.64 bits per heavy atom. The van der Waals surface area contributed by atoms with Gasteiger partial charge >= 0.3 is 0 Å². The van der Waals surface area contributed by atoms with Crippen molar-refractivity contribution in [3.05, 3.63) is 106 Å². The maximum Gasteiger partial charge on any atom is 0.270 e. The highest BCUT2D eigenvalue weighted by Crippen LogP contribution is 2.49. The molecule has 6 rings (SSSR count). The Hall–Kier alpha value is -4.66. The molecule has 2 fully saturated rings. The summed E-state index contributed by atoms with van der Waals surface area (Å²) >= 11 is 0. The Labute approximate surface area is 204 Å². The number of fused-ring (bicyclic) bond motifs is 5. The van der Waals surface area contributed by atoms with Crippen LogP contribution in [0.3, 0.4) is 0 Å². The molecule has 0 bridgehead atoms. The average Bonchev–Trinajstić information content (AvgIpc) is 3.37. The van der Waals surface area contributed by atoms with Gasteiger partial charge in [0.25, 0.3) is 5.69 Å². The van der Waals surface area contributed by atoms with Gasteiger partial charge in [-0.2, -0.15) is 0 Å². The quantitative estimate of drug-likeness (QED) is 0.241. The van der Waals surface area contributed by atoms with Crippen LogP contribution in [0.1, 0.15) is 15.9 Å². The topological polar surface area (TPSA) is 101 Å². The highest BCUT2D eigenvalue weighted by Gasteiger charge is 2.64. The van der Waals surface area contributed by atoms with E-state index in [0.717, 1.165) is 10.5 Å². The van der Waals surface area contributed by atoms with Crippen molar-refractivity contribution in [2.24, 2.45) is 11.8 Å². The number of hydrogen-bond acceptors (Lipinski definition) is 6. The molecule has 2 amide bonds. The van der Waals surface area contributed by atoms with Crippen molar-refractivity contribution in [2.45, 2.75) is 12.1 Å². The molecular weight excluding hydrogens is 465 g/mol. The molecule has 0 unspecified atom stereocenters. The van der Waals surface area contributed by atoms with E-state index in [0.29, 0.717) is 5.69 Å². The number of Topliss-reactive ketones (excluding diaryl/α,β-unsaturated/α-hetero) is 1. The fraction of sp³-hybridized carbons (Fsp3) is 0.148. The first-order chi connectivity index (χ1) is 17.4. The van der Waals surface area contributed by atoms with Gasteiger partial charge in [0.05, 0.1) is 28.5 Å². The molecule has 3 heterocycles. The molecule has 0 aromatic heterocycles. The van der Waals surface area contributed by atoms with Crippen LogP contribution in [0.15, 0.2) is 78.9 Å². The van der Waals surface area contributed by atoms with Gasteiger partial charge in [-0.25, -0.2) is 9.29 Å². The zero-order valence-electron chi connectivity index (χ0n) is 18.7. The van der Waals surface area contributed by atoms with Crippen LogP contribution in [0.4, 0.5) is 21.5 Å². The van der Waals surface area contributed by atoms with Crippen molar-refractivity contribution >= 4 is 40.7 Å². The SMILES string of the molecule is O=C(c1cccc([N+](=O)[O-])c1)[C@@H]1[C@H]2C(=O)N(c3ccc(F)cc3)C(=O)[C@@H]2[C@H]2C=Cc3ccccc3N21. The number of ketones is 1. The first kappa shape index (κ1) is 21.8. The van der Waals surface area contributed by atoms with Gasteiger partial charge in [-0.3, -0.25) is 24.5 Å². The van der Waals surface area contributed by atoms with Crippen molar-refractivity contribution in [3.8, 4) is 0 Å². The number of carbonyl (C=O) groups is 3. The Balaban J connectivity index is 1.49. The normalized spacial score (nSPS) is 23.9. The minimum atomic E-state index is -1.06. The van der Waals surface area contributed by atoms with E-state index >= 15 is 0 Å². The molecule has 0 saturated carbocycles. The molecule has 8 nitrogen and oxygen atoms in total. The lowest BCUT2D eigenvalue weighted by molar-refractivity contribution is -0.384. The Bertz CT molecular complexity index is 1480. The fourth-order valence-electron chi connectivity index (χ4n) is 5.60. The molecular formula is C27H18FN3O5. The summed E-state index contributed by atoms with van der Waals surface area (Å²) in [5, 5.41) is 11.3. The number of benzene rings is 3. The van der Waals surface area contributed by atoms with E-state index in [2.05, 4.69) is 0 Å². The van der Waals surface area contributed by atoms with Crippen LogP contribution >= 0.6 is 0 Å². The lowest BCUT2D eigenvalue weighted by atomic mass is 9.86. The van der Waals surface area contributed by atoms with Crippen molar-refractivity contribution in [1.82, 2.24) is 0 Å². The predicted octanol–water partition coefficient (Wildman–Crippen LogP) is 4.01. The van der Waals surface area contributed by atoms with Crippen molar-refractivity contribution in [1.29, 1.82) is 0 Å². The summed E-state index contributed by atoms with van der Waals surface area (Å²) in [5.41, 5.74) is 1.61. The largest absolute Gasteiger partial charge is 0.352 e. The van der Waals surface area contributed by atoms with Gasteiger partial charge in [0.1, 0.15) is 11.9 Å². The van der Waals surface area contributed by atoms with E-state index in [1.807, 2.05) is 36.4 Å². The van der Waals surface area contributed by atoms with Crippen molar-refractivity contribution < 1.29 is 23.7 Å². The van der Waals surface area contributed by atoms with Gasteiger partial charge in [-0.05, 0) is 35.9 Å². The monoisotopic (exact) mass is 483 g/mol. The second-order valence-corrected chi connectivity index (χ2v) is 8.97. The second kappa shape index (κ2) is 7.94. The minimum Gasteiger partial charge on any atom is -0.352 e. The molecule has 4 atom stereocenters. The number of nitrogens with zero attached hydrogens (tertiary/aromatic N) is 3. The van der Waals surface area contributed by atoms with Gasteiger partial charge < -0.3 is 4.90 Å². The van der Waals surface area contributed by atoms with E-state index in [1.165, 1.54) is 48.5 Å². The van der Waals surface area contributed by atoms with Gasteiger partial charge in [0, 0.05) is 23.4 Å². The van der Waals surface area contributed by atoms with E-state index in [1.54, 1.807) is 4.90 Å². The zero-order chi connectivity index (χ0) is 25.1. The zero-order valence-corrected chi connectivity index (χ0v) is 18.7. The van der Waals surface area contributed by atoms with Crippen LogP contribution in [0, 0.1) is 27.8 Å². The Kier molecular flexibility index (Phi) is 4.82. The number of nitro groups is 1. The molecule has 0 spiro atoms. The number of anilines is 2. The molecule has 3 aromatic rings. The lowest BCUT2D eigenvalue weighted by Crippen LogP contribution is -2.48. The number of non-ortho nitro benzene ring substituents is 1. The molecule has 3 aliphatic rings. The van der Waals surface area contributed by atoms with Gasteiger partial charge in [0.2, 0.25) is 11.8 Å².